The lowest BCUT2D eigenvalue weighted by atomic mass is 10.2. The van der Waals surface area contributed by atoms with Crippen LogP contribution in [0.5, 0.6) is 0 Å². The second-order valence-corrected chi connectivity index (χ2v) is 6.17. The molecule has 1 rings (SSSR count). The van der Waals surface area contributed by atoms with Gasteiger partial charge in [-0.15, -0.1) is 0 Å². The Hall–Kier alpha value is -1.11. The summed E-state index contributed by atoms with van der Waals surface area (Å²) < 4.78 is 31.4. The van der Waals surface area contributed by atoms with E-state index in [9.17, 15) is 8.42 Å². The van der Waals surface area contributed by atoms with E-state index in [1.54, 1.807) is 24.3 Å². The van der Waals surface area contributed by atoms with Gasteiger partial charge in [0.15, 0.2) is 0 Å². The first-order valence-electron chi connectivity index (χ1n) is 6.43. The molecule has 5 nitrogen and oxygen atoms in total. The van der Waals surface area contributed by atoms with Gasteiger partial charge in [-0.25, -0.2) is 13.1 Å². The van der Waals surface area contributed by atoms with Gasteiger partial charge in [0.2, 0.25) is 10.0 Å². The van der Waals surface area contributed by atoms with Crippen molar-refractivity contribution >= 4 is 15.7 Å². The lowest BCUT2D eigenvalue weighted by Gasteiger charge is -2.07. The van der Waals surface area contributed by atoms with Gasteiger partial charge in [-0.3, -0.25) is 0 Å². The first kappa shape index (κ1) is 15.9. The maximum Gasteiger partial charge on any atom is 0.215 e. The minimum absolute atomic E-state index is 0.0247. The van der Waals surface area contributed by atoms with Gasteiger partial charge < -0.3 is 10.5 Å². The van der Waals surface area contributed by atoms with Crippen LogP contribution in [0.2, 0.25) is 0 Å². The van der Waals surface area contributed by atoms with Gasteiger partial charge >= 0.3 is 0 Å². The second-order valence-electron chi connectivity index (χ2n) is 4.36. The first-order valence-corrected chi connectivity index (χ1v) is 8.08. The molecule has 0 spiro atoms. The molecule has 3 N–H and O–H groups in total. The van der Waals surface area contributed by atoms with Crippen molar-refractivity contribution in [2.24, 2.45) is 0 Å². The Labute approximate surface area is 115 Å². The number of rotatable bonds is 9. The zero-order chi connectivity index (χ0) is 14.1. The molecule has 108 valence electrons. The van der Waals surface area contributed by atoms with E-state index >= 15 is 0 Å². The third-order valence-electron chi connectivity index (χ3n) is 2.47. The van der Waals surface area contributed by atoms with E-state index < -0.39 is 10.0 Å². The molecule has 6 heteroatoms. The number of hydrogen-bond donors (Lipinski definition) is 2. The summed E-state index contributed by atoms with van der Waals surface area (Å²) in [6.45, 7) is 3.74. The molecule has 0 unspecified atom stereocenters. The van der Waals surface area contributed by atoms with E-state index in [1.807, 2.05) is 6.92 Å². The van der Waals surface area contributed by atoms with E-state index in [0.717, 1.165) is 18.6 Å². The highest BCUT2D eigenvalue weighted by atomic mass is 32.2. The Morgan fingerprint density at radius 3 is 2.53 bits per heavy atom. The number of sulfonamides is 1. The van der Waals surface area contributed by atoms with Gasteiger partial charge in [0.1, 0.15) is 0 Å². The molecule has 1 aromatic rings. The van der Waals surface area contributed by atoms with Gasteiger partial charge in [0.05, 0.1) is 5.75 Å². The summed E-state index contributed by atoms with van der Waals surface area (Å²) in [7, 11) is -3.29. The molecule has 0 aliphatic carbocycles. The van der Waals surface area contributed by atoms with Crippen LogP contribution in [0.3, 0.4) is 0 Å². The molecule has 0 aliphatic heterocycles. The molecule has 0 aromatic heterocycles. The van der Waals surface area contributed by atoms with Crippen molar-refractivity contribution in [2.75, 3.05) is 25.5 Å². The maximum atomic E-state index is 11.8. The Bertz CT molecular complexity index is 457. The highest BCUT2D eigenvalue weighted by Gasteiger charge is 2.10. The Morgan fingerprint density at radius 2 is 1.89 bits per heavy atom. The van der Waals surface area contributed by atoms with E-state index in [1.165, 1.54) is 0 Å². The van der Waals surface area contributed by atoms with Crippen molar-refractivity contribution in [3.8, 4) is 0 Å². The molecule has 0 atom stereocenters. The lowest BCUT2D eigenvalue weighted by Crippen LogP contribution is -2.26. The van der Waals surface area contributed by atoms with E-state index in [-0.39, 0.29) is 5.75 Å². The lowest BCUT2D eigenvalue weighted by molar-refractivity contribution is 0.133. The second kappa shape index (κ2) is 8.14. The van der Waals surface area contributed by atoms with Crippen molar-refractivity contribution in [1.29, 1.82) is 0 Å². The SMILES string of the molecule is CCCOCCCNS(=O)(=O)Cc1ccc(N)cc1. The highest BCUT2D eigenvalue weighted by molar-refractivity contribution is 7.88. The average molecular weight is 286 g/mol. The number of hydrogen-bond acceptors (Lipinski definition) is 4. The summed E-state index contributed by atoms with van der Waals surface area (Å²) in [6, 6.07) is 6.84. The van der Waals surface area contributed by atoms with E-state index in [0.29, 0.717) is 25.3 Å². The number of nitrogens with one attached hydrogen (secondary N) is 1. The fraction of sp³-hybridized carbons (Fsp3) is 0.538. The van der Waals surface area contributed by atoms with Crippen LogP contribution < -0.4 is 10.5 Å². The predicted octanol–water partition coefficient (Wildman–Crippen LogP) is 1.50. The molecular weight excluding hydrogens is 264 g/mol. The quantitative estimate of drug-likeness (QED) is 0.532. The molecule has 0 saturated carbocycles. The van der Waals surface area contributed by atoms with Crippen molar-refractivity contribution < 1.29 is 13.2 Å². The van der Waals surface area contributed by atoms with Crippen molar-refractivity contribution in [3.63, 3.8) is 0 Å². The van der Waals surface area contributed by atoms with Crippen LogP contribution in [0.1, 0.15) is 25.3 Å². The number of nitrogen functional groups attached to an aromatic ring is 1. The zero-order valence-corrected chi connectivity index (χ0v) is 12.1. The third kappa shape index (κ3) is 7.15. The van der Waals surface area contributed by atoms with Crippen LogP contribution in [0.25, 0.3) is 0 Å². The van der Waals surface area contributed by atoms with Crippen LogP contribution in [-0.4, -0.2) is 28.2 Å². The number of ether oxygens (including phenoxy) is 1. The van der Waals surface area contributed by atoms with Crippen LogP contribution >= 0.6 is 0 Å². The fourth-order valence-corrected chi connectivity index (χ4v) is 2.72. The molecule has 19 heavy (non-hydrogen) atoms. The Kier molecular flexibility index (Phi) is 6.83. The summed E-state index contributed by atoms with van der Waals surface area (Å²) in [4.78, 5) is 0. The topological polar surface area (TPSA) is 81.4 Å². The molecule has 0 aliphatic rings. The number of nitrogens with two attached hydrogens (primary N) is 1. The zero-order valence-electron chi connectivity index (χ0n) is 11.3. The third-order valence-corrected chi connectivity index (χ3v) is 3.83. The Morgan fingerprint density at radius 1 is 1.21 bits per heavy atom. The smallest absolute Gasteiger partial charge is 0.215 e. The summed E-state index contributed by atoms with van der Waals surface area (Å²) in [5, 5.41) is 0. The molecule has 0 amide bonds. The van der Waals surface area contributed by atoms with Crippen molar-refractivity contribution in [1.82, 2.24) is 4.72 Å². The molecule has 0 heterocycles. The largest absolute Gasteiger partial charge is 0.399 e. The van der Waals surface area contributed by atoms with Crippen molar-refractivity contribution in [3.05, 3.63) is 29.8 Å². The van der Waals surface area contributed by atoms with Gasteiger partial charge in [-0.1, -0.05) is 19.1 Å². The van der Waals surface area contributed by atoms with Gasteiger partial charge in [-0.2, -0.15) is 0 Å². The van der Waals surface area contributed by atoms with Crippen LogP contribution in [0.4, 0.5) is 5.69 Å². The molecule has 0 saturated heterocycles. The first-order chi connectivity index (χ1) is 9.03. The van der Waals surface area contributed by atoms with Crippen molar-refractivity contribution in [2.45, 2.75) is 25.5 Å². The number of benzene rings is 1. The average Bonchev–Trinajstić information content (AvgIpc) is 2.36. The summed E-state index contributed by atoms with van der Waals surface area (Å²) >= 11 is 0. The normalized spacial score (nSPS) is 11.6. The summed E-state index contributed by atoms with van der Waals surface area (Å²) in [6.07, 6.45) is 1.66. The maximum absolute atomic E-state index is 11.8. The molecular formula is C13H22N2O3S. The van der Waals surface area contributed by atoms with E-state index in [2.05, 4.69) is 4.72 Å². The van der Waals surface area contributed by atoms with Gasteiger partial charge in [0.25, 0.3) is 0 Å². The van der Waals surface area contributed by atoms with Crippen LogP contribution in [0.15, 0.2) is 24.3 Å². The van der Waals surface area contributed by atoms with Crippen LogP contribution in [-0.2, 0) is 20.5 Å². The minimum Gasteiger partial charge on any atom is -0.399 e. The molecule has 0 radical (unpaired) electrons. The molecule has 0 fully saturated rings. The van der Waals surface area contributed by atoms with Gasteiger partial charge in [0, 0.05) is 25.4 Å². The Balaban J connectivity index is 2.30. The fourth-order valence-electron chi connectivity index (χ4n) is 1.53. The van der Waals surface area contributed by atoms with Gasteiger partial charge in [-0.05, 0) is 30.5 Å². The van der Waals surface area contributed by atoms with E-state index in [4.69, 9.17) is 10.5 Å². The minimum atomic E-state index is -3.29. The monoisotopic (exact) mass is 286 g/mol. The molecule has 1 aromatic carbocycles. The predicted molar refractivity (Wildman–Crippen MR) is 77.2 cm³/mol. The van der Waals surface area contributed by atoms with Crippen LogP contribution in [0, 0.1) is 0 Å². The summed E-state index contributed by atoms with van der Waals surface area (Å²) in [5.74, 6) is -0.0247. The molecule has 0 bridgehead atoms. The highest BCUT2D eigenvalue weighted by Crippen LogP contribution is 2.08. The standard InChI is InChI=1S/C13H22N2O3S/c1-2-9-18-10-3-8-15-19(16,17)11-12-4-6-13(14)7-5-12/h4-7,15H,2-3,8-11,14H2,1H3. The number of anilines is 1. The summed E-state index contributed by atoms with van der Waals surface area (Å²) in [5.41, 5.74) is 6.90.